The average molecular weight is 464 g/mol. The standard InChI is InChI=1S/C21H23ClFN5O2S/c1-13-11-27(8-9-28(13)20(30)15-4-2-3-5-16(15)23)18-10-17(22)25-21(26-18)31-12-19(29)24-14-6-7-14/h2-5,10,13-14H,6-9,11-12H2,1H3,(H,24,29). The zero-order valence-electron chi connectivity index (χ0n) is 17.1. The molecular formula is C21H23ClFN5O2S. The first-order valence-electron chi connectivity index (χ1n) is 10.2. The van der Waals surface area contributed by atoms with Crippen molar-refractivity contribution in [3.63, 3.8) is 0 Å². The third-order valence-electron chi connectivity index (χ3n) is 5.25. The molecule has 2 aliphatic rings. The van der Waals surface area contributed by atoms with Gasteiger partial charge in [0.25, 0.3) is 5.91 Å². The number of carbonyl (C=O) groups excluding carboxylic acids is 2. The summed E-state index contributed by atoms with van der Waals surface area (Å²) in [4.78, 5) is 37.2. The lowest BCUT2D eigenvalue weighted by Gasteiger charge is -2.40. The largest absolute Gasteiger partial charge is 0.353 e. The lowest BCUT2D eigenvalue weighted by molar-refractivity contribution is -0.118. The number of hydrogen-bond acceptors (Lipinski definition) is 6. The molecule has 1 unspecified atom stereocenters. The van der Waals surface area contributed by atoms with Gasteiger partial charge in [0.05, 0.1) is 11.3 Å². The van der Waals surface area contributed by atoms with Crippen LogP contribution < -0.4 is 10.2 Å². The van der Waals surface area contributed by atoms with Gasteiger partial charge in [0.15, 0.2) is 5.16 Å². The molecule has 1 aromatic heterocycles. The number of rotatable bonds is 6. The normalized spacial score (nSPS) is 18.7. The van der Waals surface area contributed by atoms with Crippen LogP contribution in [0.3, 0.4) is 0 Å². The summed E-state index contributed by atoms with van der Waals surface area (Å²) >= 11 is 7.44. The van der Waals surface area contributed by atoms with Crippen molar-refractivity contribution in [2.45, 2.75) is 37.0 Å². The highest BCUT2D eigenvalue weighted by Gasteiger charge is 2.30. The van der Waals surface area contributed by atoms with E-state index in [4.69, 9.17) is 11.6 Å². The van der Waals surface area contributed by atoms with Gasteiger partial charge in [-0.3, -0.25) is 9.59 Å². The Labute approximate surface area is 189 Å². The van der Waals surface area contributed by atoms with Gasteiger partial charge < -0.3 is 15.1 Å². The van der Waals surface area contributed by atoms with Crippen molar-refractivity contribution < 1.29 is 14.0 Å². The number of aromatic nitrogens is 2. The van der Waals surface area contributed by atoms with Crippen molar-refractivity contribution in [2.24, 2.45) is 0 Å². The number of anilines is 1. The summed E-state index contributed by atoms with van der Waals surface area (Å²) in [5.41, 5.74) is 0.0797. The Morgan fingerprint density at radius 1 is 1.26 bits per heavy atom. The van der Waals surface area contributed by atoms with Gasteiger partial charge in [-0.2, -0.15) is 0 Å². The molecule has 0 bridgehead atoms. The fourth-order valence-corrected chi connectivity index (χ4v) is 4.39. The van der Waals surface area contributed by atoms with Crippen molar-refractivity contribution in [1.29, 1.82) is 0 Å². The molecule has 1 saturated carbocycles. The van der Waals surface area contributed by atoms with Crippen molar-refractivity contribution in [3.8, 4) is 0 Å². The maximum atomic E-state index is 14.0. The summed E-state index contributed by atoms with van der Waals surface area (Å²) in [6.07, 6.45) is 2.08. The molecule has 1 N–H and O–H groups in total. The summed E-state index contributed by atoms with van der Waals surface area (Å²) in [7, 11) is 0. The van der Waals surface area contributed by atoms with Gasteiger partial charge in [0.1, 0.15) is 16.8 Å². The Morgan fingerprint density at radius 3 is 2.74 bits per heavy atom. The van der Waals surface area contributed by atoms with E-state index in [1.807, 2.05) is 11.8 Å². The fourth-order valence-electron chi connectivity index (χ4n) is 3.50. The van der Waals surface area contributed by atoms with Crippen LogP contribution in [0.4, 0.5) is 10.2 Å². The smallest absolute Gasteiger partial charge is 0.257 e. The molecule has 2 amide bonds. The molecule has 1 saturated heterocycles. The molecule has 2 aromatic rings. The molecule has 2 fully saturated rings. The van der Waals surface area contributed by atoms with Crippen LogP contribution in [-0.2, 0) is 4.79 Å². The minimum atomic E-state index is -0.517. The van der Waals surface area contributed by atoms with Crippen LogP contribution in [0, 0.1) is 5.82 Å². The van der Waals surface area contributed by atoms with E-state index >= 15 is 0 Å². The molecule has 0 radical (unpaired) electrons. The Bertz CT molecular complexity index is 990. The first-order valence-corrected chi connectivity index (χ1v) is 11.5. The lowest BCUT2D eigenvalue weighted by Crippen LogP contribution is -2.54. The number of amides is 2. The number of halogens is 2. The van der Waals surface area contributed by atoms with Gasteiger partial charge in [-0.05, 0) is 31.9 Å². The van der Waals surface area contributed by atoms with Crippen LogP contribution in [0.5, 0.6) is 0 Å². The van der Waals surface area contributed by atoms with Gasteiger partial charge in [-0.1, -0.05) is 35.5 Å². The van der Waals surface area contributed by atoms with Crippen molar-refractivity contribution in [2.75, 3.05) is 30.3 Å². The summed E-state index contributed by atoms with van der Waals surface area (Å²) in [5.74, 6) is 0.0138. The van der Waals surface area contributed by atoms with Crippen LogP contribution in [0.25, 0.3) is 0 Å². The maximum Gasteiger partial charge on any atom is 0.257 e. The van der Waals surface area contributed by atoms with Crippen LogP contribution in [0.15, 0.2) is 35.5 Å². The molecule has 10 heteroatoms. The second-order valence-corrected chi connectivity index (χ2v) is 9.07. The van der Waals surface area contributed by atoms with Crippen LogP contribution in [-0.4, -0.2) is 64.2 Å². The number of piperazine rings is 1. The minimum absolute atomic E-state index is 0.0356. The van der Waals surface area contributed by atoms with E-state index in [-0.39, 0.29) is 29.2 Å². The molecule has 164 valence electrons. The molecule has 4 rings (SSSR count). The molecule has 1 aliphatic heterocycles. The minimum Gasteiger partial charge on any atom is -0.353 e. The number of hydrogen-bond donors (Lipinski definition) is 1. The van der Waals surface area contributed by atoms with E-state index in [1.54, 1.807) is 23.1 Å². The maximum absolute atomic E-state index is 14.0. The van der Waals surface area contributed by atoms with Crippen molar-refractivity contribution in [1.82, 2.24) is 20.2 Å². The number of nitrogens with zero attached hydrogens (tertiary/aromatic N) is 4. The summed E-state index contributed by atoms with van der Waals surface area (Å²) in [6, 6.07) is 7.87. The Balaban J connectivity index is 1.40. The second kappa shape index (κ2) is 9.40. The average Bonchev–Trinajstić information content (AvgIpc) is 3.55. The topological polar surface area (TPSA) is 78.4 Å². The zero-order valence-corrected chi connectivity index (χ0v) is 18.6. The van der Waals surface area contributed by atoms with Gasteiger partial charge in [0, 0.05) is 37.8 Å². The van der Waals surface area contributed by atoms with Gasteiger partial charge >= 0.3 is 0 Å². The molecule has 0 spiro atoms. The highest BCUT2D eigenvalue weighted by molar-refractivity contribution is 7.99. The Hall–Kier alpha value is -2.39. The fraction of sp³-hybridized carbons (Fsp3) is 0.429. The molecule has 2 heterocycles. The third-order valence-corrected chi connectivity index (χ3v) is 6.29. The molecule has 1 aromatic carbocycles. The summed E-state index contributed by atoms with van der Waals surface area (Å²) in [5, 5.41) is 3.67. The van der Waals surface area contributed by atoms with Crippen LogP contribution >= 0.6 is 23.4 Å². The third kappa shape index (κ3) is 5.46. The van der Waals surface area contributed by atoms with E-state index in [0.717, 1.165) is 12.8 Å². The molecule has 1 aliphatic carbocycles. The SMILES string of the molecule is CC1CN(c2cc(Cl)nc(SCC(=O)NC3CC3)n2)CCN1C(=O)c1ccccc1F. The van der Waals surface area contributed by atoms with Crippen LogP contribution in [0.1, 0.15) is 30.1 Å². The quantitative estimate of drug-likeness (QED) is 0.403. The Kier molecular flexibility index (Phi) is 6.62. The number of benzene rings is 1. The molecule has 31 heavy (non-hydrogen) atoms. The molecule has 7 nitrogen and oxygen atoms in total. The highest BCUT2D eigenvalue weighted by Crippen LogP contribution is 2.25. The van der Waals surface area contributed by atoms with Crippen LogP contribution in [0.2, 0.25) is 5.15 Å². The van der Waals surface area contributed by atoms with Gasteiger partial charge in [-0.25, -0.2) is 14.4 Å². The highest BCUT2D eigenvalue weighted by atomic mass is 35.5. The summed E-state index contributed by atoms with van der Waals surface area (Å²) in [6.45, 7) is 3.41. The predicted octanol–water partition coefficient (Wildman–Crippen LogP) is 2.99. The zero-order chi connectivity index (χ0) is 22.0. The van der Waals surface area contributed by atoms with Gasteiger partial charge in [0.2, 0.25) is 5.91 Å². The molecule has 1 atom stereocenters. The molecular weight excluding hydrogens is 441 g/mol. The first kappa shape index (κ1) is 21.8. The number of thioether (sulfide) groups is 1. The second-order valence-electron chi connectivity index (χ2n) is 7.74. The number of carbonyl (C=O) groups is 2. The Morgan fingerprint density at radius 2 is 2.03 bits per heavy atom. The van der Waals surface area contributed by atoms with E-state index in [1.165, 1.54) is 23.9 Å². The lowest BCUT2D eigenvalue weighted by atomic mass is 10.1. The number of nitrogens with one attached hydrogen (secondary N) is 1. The van der Waals surface area contributed by atoms with E-state index < -0.39 is 5.82 Å². The van der Waals surface area contributed by atoms with E-state index in [9.17, 15) is 14.0 Å². The monoisotopic (exact) mass is 463 g/mol. The van der Waals surface area contributed by atoms with Crippen molar-refractivity contribution in [3.05, 3.63) is 46.9 Å². The summed E-state index contributed by atoms with van der Waals surface area (Å²) < 4.78 is 14.0. The first-order chi connectivity index (χ1) is 14.9. The van der Waals surface area contributed by atoms with Gasteiger partial charge in [-0.15, -0.1) is 0 Å². The van der Waals surface area contributed by atoms with E-state index in [2.05, 4.69) is 15.3 Å². The van der Waals surface area contributed by atoms with E-state index in [0.29, 0.717) is 41.8 Å². The van der Waals surface area contributed by atoms with Crippen molar-refractivity contribution >= 4 is 41.0 Å². The predicted molar refractivity (Wildman–Crippen MR) is 118 cm³/mol.